The highest BCUT2D eigenvalue weighted by molar-refractivity contribution is 6.09. The number of nitrogens with one attached hydrogen (secondary N) is 2. The molecule has 0 radical (unpaired) electrons. The molecule has 3 rings (SSSR count). The molecule has 0 aliphatic carbocycles. The van der Waals surface area contributed by atoms with Gasteiger partial charge in [0.2, 0.25) is 5.91 Å². The molecule has 0 spiro atoms. The van der Waals surface area contributed by atoms with Crippen molar-refractivity contribution in [1.29, 1.82) is 5.26 Å². The fourth-order valence-corrected chi connectivity index (χ4v) is 2.76. The van der Waals surface area contributed by atoms with Crippen molar-refractivity contribution in [3.63, 3.8) is 0 Å². The van der Waals surface area contributed by atoms with E-state index in [1.807, 2.05) is 36.4 Å². The second-order valence-electron chi connectivity index (χ2n) is 6.73. The molecule has 0 heterocycles. The highest BCUT2D eigenvalue weighted by atomic mass is 16.5. The normalized spacial score (nSPS) is 10.6. The molecule has 6 heteroatoms. The first-order chi connectivity index (χ1) is 15.0. The quantitative estimate of drug-likeness (QED) is 0.433. The van der Waals surface area contributed by atoms with Gasteiger partial charge in [0, 0.05) is 18.3 Å². The van der Waals surface area contributed by atoms with E-state index in [-0.39, 0.29) is 11.5 Å². The average molecular weight is 411 g/mol. The van der Waals surface area contributed by atoms with Crippen molar-refractivity contribution in [3.8, 4) is 11.8 Å². The summed E-state index contributed by atoms with van der Waals surface area (Å²) in [5, 5.41) is 14.7. The van der Waals surface area contributed by atoms with E-state index in [0.717, 1.165) is 5.56 Å². The van der Waals surface area contributed by atoms with E-state index >= 15 is 0 Å². The number of carbonyl (C=O) groups is 2. The molecular weight excluding hydrogens is 390 g/mol. The summed E-state index contributed by atoms with van der Waals surface area (Å²) in [7, 11) is 0. The molecule has 0 bridgehead atoms. The number of nitriles is 1. The predicted molar refractivity (Wildman–Crippen MR) is 120 cm³/mol. The lowest BCUT2D eigenvalue weighted by Crippen LogP contribution is -2.13. The van der Waals surface area contributed by atoms with Crippen molar-refractivity contribution in [1.82, 2.24) is 0 Å². The molecule has 0 aromatic heterocycles. The Balaban J connectivity index is 1.61. The SMILES string of the molecule is CC(=O)Nc1ccc(NC(=O)/C(C#N)=C/c2ccc(OCc3ccccc3)cc2)cc1. The van der Waals surface area contributed by atoms with Crippen LogP contribution in [0.25, 0.3) is 6.08 Å². The molecule has 0 saturated heterocycles. The maximum Gasteiger partial charge on any atom is 0.266 e. The maximum absolute atomic E-state index is 12.4. The zero-order chi connectivity index (χ0) is 22.1. The van der Waals surface area contributed by atoms with Gasteiger partial charge >= 0.3 is 0 Å². The molecule has 2 amide bonds. The molecule has 0 atom stereocenters. The van der Waals surface area contributed by atoms with Gasteiger partial charge in [0.05, 0.1) is 0 Å². The minimum atomic E-state index is -0.515. The molecule has 0 unspecified atom stereocenters. The van der Waals surface area contributed by atoms with Crippen molar-refractivity contribution in [2.45, 2.75) is 13.5 Å². The lowest BCUT2D eigenvalue weighted by atomic mass is 10.1. The van der Waals surface area contributed by atoms with Gasteiger partial charge in [-0.3, -0.25) is 9.59 Å². The van der Waals surface area contributed by atoms with Crippen LogP contribution in [0.5, 0.6) is 5.75 Å². The number of amides is 2. The van der Waals surface area contributed by atoms with Gasteiger partial charge in [0.25, 0.3) is 5.91 Å². The molecule has 6 nitrogen and oxygen atoms in total. The summed E-state index contributed by atoms with van der Waals surface area (Å²) in [4.78, 5) is 23.5. The Bertz CT molecular complexity index is 1110. The molecule has 0 aliphatic heterocycles. The number of hydrogen-bond acceptors (Lipinski definition) is 4. The highest BCUT2D eigenvalue weighted by Crippen LogP contribution is 2.18. The summed E-state index contributed by atoms with van der Waals surface area (Å²) in [5.41, 5.74) is 2.89. The van der Waals surface area contributed by atoms with E-state index in [9.17, 15) is 14.9 Å². The van der Waals surface area contributed by atoms with E-state index in [2.05, 4.69) is 10.6 Å². The number of ether oxygens (including phenoxy) is 1. The lowest BCUT2D eigenvalue weighted by molar-refractivity contribution is -0.114. The average Bonchev–Trinajstić information content (AvgIpc) is 2.78. The Hall–Kier alpha value is -4.37. The molecule has 3 aromatic carbocycles. The van der Waals surface area contributed by atoms with Crippen LogP contribution in [-0.2, 0) is 16.2 Å². The van der Waals surface area contributed by atoms with E-state index < -0.39 is 5.91 Å². The maximum atomic E-state index is 12.4. The molecule has 0 saturated carbocycles. The third-order valence-corrected chi connectivity index (χ3v) is 4.27. The van der Waals surface area contributed by atoms with Crippen LogP contribution in [-0.4, -0.2) is 11.8 Å². The van der Waals surface area contributed by atoms with Gasteiger partial charge in [-0.05, 0) is 53.6 Å². The van der Waals surface area contributed by atoms with Crippen molar-refractivity contribution in [3.05, 3.63) is 95.6 Å². The largest absolute Gasteiger partial charge is 0.489 e. The number of anilines is 2. The number of rotatable bonds is 7. The fourth-order valence-electron chi connectivity index (χ4n) is 2.76. The number of benzene rings is 3. The van der Waals surface area contributed by atoms with Crippen LogP contribution in [0.3, 0.4) is 0 Å². The van der Waals surface area contributed by atoms with Crippen LogP contribution >= 0.6 is 0 Å². The summed E-state index contributed by atoms with van der Waals surface area (Å²) in [6.07, 6.45) is 1.52. The van der Waals surface area contributed by atoms with Crippen molar-refractivity contribution < 1.29 is 14.3 Å². The number of hydrogen-bond donors (Lipinski definition) is 2. The summed E-state index contributed by atoms with van der Waals surface area (Å²) in [6.45, 7) is 1.88. The standard InChI is InChI=1S/C25H21N3O3/c1-18(29)27-22-9-11-23(12-10-22)28-25(30)21(16-26)15-19-7-13-24(14-8-19)31-17-20-5-3-2-4-6-20/h2-15H,17H2,1H3,(H,27,29)(H,28,30)/b21-15+. The third kappa shape index (κ3) is 6.58. The first-order valence-electron chi connectivity index (χ1n) is 9.61. The molecule has 2 N–H and O–H groups in total. The lowest BCUT2D eigenvalue weighted by Gasteiger charge is -2.07. The molecule has 0 fully saturated rings. The van der Waals surface area contributed by atoms with Gasteiger partial charge in [-0.25, -0.2) is 0 Å². The Morgan fingerprint density at radius 3 is 2.10 bits per heavy atom. The monoisotopic (exact) mass is 411 g/mol. The molecule has 31 heavy (non-hydrogen) atoms. The Kier molecular flexibility index (Phi) is 7.17. The van der Waals surface area contributed by atoms with E-state index in [0.29, 0.717) is 29.3 Å². The molecule has 0 aliphatic rings. The summed E-state index contributed by atoms with van der Waals surface area (Å²) in [5.74, 6) is 0.00498. The minimum absolute atomic E-state index is 0.0242. The second-order valence-corrected chi connectivity index (χ2v) is 6.73. The van der Waals surface area contributed by atoms with Gasteiger partial charge in [0.15, 0.2) is 0 Å². The van der Waals surface area contributed by atoms with E-state index in [1.165, 1.54) is 13.0 Å². The number of nitrogens with zero attached hydrogens (tertiary/aromatic N) is 1. The van der Waals surface area contributed by atoms with Gasteiger partial charge in [-0.15, -0.1) is 0 Å². The molecular formula is C25H21N3O3. The third-order valence-electron chi connectivity index (χ3n) is 4.27. The van der Waals surface area contributed by atoms with Crippen molar-refractivity contribution in [2.75, 3.05) is 10.6 Å². The number of carbonyl (C=O) groups excluding carboxylic acids is 2. The summed E-state index contributed by atoms with van der Waals surface area (Å²) >= 11 is 0. The van der Waals surface area contributed by atoms with Crippen molar-refractivity contribution in [2.24, 2.45) is 0 Å². The van der Waals surface area contributed by atoms with Crippen LogP contribution in [0.15, 0.2) is 84.4 Å². The Morgan fingerprint density at radius 1 is 0.903 bits per heavy atom. The molecule has 154 valence electrons. The first-order valence-corrected chi connectivity index (χ1v) is 9.61. The van der Waals surface area contributed by atoms with Crippen molar-refractivity contribution >= 4 is 29.3 Å². The topological polar surface area (TPSA) is 91.2 Å². The van der Waals surface area contributed by atoms with Gasteiger partial charge in [0.1, 0.15) is 24.0 Å². The van der Waals surface area contributed by atoms with Gasteiger partial charge in [-0.2, -0.15) is 5.26 Å². The summed E-state index contributed by atoms with van der Waals surface area (Å²) in [6, 6.07) is 25.6. The van der Waals surface area contributed by atoms with E-state index in [1.54, 1.807) is 48.5 Å². The van der Waals surface area contributed by atoms with E-state index in [4.69, 9.17) is 4.74 Å². The van der Waals surface area contributed by atoms with Crippen LogP contribution in [0.2, 0.25) is 0 Å². The van der Waals surface area contributed by atoms with Gasteiger partial charge < -0.3 is 15.4 Å². The van der Waals surface area contributed by atoms with Crippen LogP contribution in [0.4, 0.5) is 11.4 Å². The first kappa shape index (κ1) is 21.3. The second kappa shape index (κ2) is 10.4. The minimum Gasteiger partial charge on any atom is -0.489 e. The Morgan fingerprint density at radius 2 is 1.52 bits per heavy atom. The predicted octanol–water partition coefficient (Wildman–Crippen LogP) is 4.77. The Labute approximate surface area is 180 Å². The van der Waals surface area contributed by atoms with Crippen LogP contribution in [0.1, 0.15) is 18.1 Å². The smallest absolute Gasteiger partial charge is 0.266 e. The zero-order valence-corrected chi connectivity index (χ0v) is 17.0. The van der Waals surface area contributed by atoms with Crippen LogP contribution < -0.4 is 15.4 Å². The molecule has 3 aromatic rings. The highest BCUT2D eigenvalue weighted by Gasteiger charge is 2.10. The summed E-state index contributed by atoms with van der Waals surface area (Å²) < 4.78 is 5.75. The van der Waals surface area contributed by atoms with Gasteiger partial charge in [-0.1, -0.05) is 42.5 Å². The fraction of sp³-hybridized carbons (Fsp3) is 0.0800. The van der Waals surface area contributed by atoms with Crippen LogP contribution in [0, 0.1) is 11.3 Å². The zero-order valence-electron chi connectivity index (χ0n) is 17.0.